The lowest BCUT2D eigenvalue weighted by Crippen LogP contribution is -2.26. The van der Waals surface area contributed by atoms with Gasteiger partial charge in [0.15, 0.2) is 0 Å². The average Bonchev–Trinajstić information content (AvgIpc) is 3.40. The molecule has 0 radical (unpaired) electrons. The number of benzene rings is 1. The normalized spacial score (nSPS) is 17.0. The van der Waals surface area contributed by atoms with Crippen LogP contribution in [0.5, 0.6) is 0 Å². The number of pyridine rings is 1. The van der Waals surface area contributed by atoms with Crippen molar-refractivity contribution in [2.24, 2.45) is 0 Å². The number of fused-ring (bicyclic) bond motifs is 1. The maximum Gasteiger partial charge on any atom is 0.133 e. The van der Waals surface area contributed by atoms with Gasteiger partial charge in [-0.05, 0) is 56.5 Å². The second-order valence-electron chi connectivity index (χ2n) is 7.97. The number of nitrogens with zero attached hydrogens (tertiary/aromatic N) is 4. The second kappa shape index (κ2) is 7.65. The van der Waals surface area contributed by atoms with Gasteiger partial charge in [-0.1, -0.05) is 12.5 Å². The summed E-state index contributed by atoms with van der Waals surface area (Å²) in [6.45, 7) is 5.78. The fraction of sp³-hybridized carbons (Fsp3) is 0.348. The number of halogens is 1. The van der Waals surface area contributed by atoms with E-state index >= 15 is 4.39 Å². The Morgan fingerprint density at radius 1 is 1.20 bits per heavy atom. The minimum Gasteiger partial charge on any atom is -0.310 e. The van der Waals surface area contributed by atoms with E-state index in [1.54, 1.807) is 18.5 Å². The zero-order valence-corrected chi connectivity index (χ0v) is 17.2. The molecule has 3 aromatic heterocycles. The van der Waals surface area contributed by atoms with Crippen LogP contribution in [0.15, 0.2) is 36.8 Å². The van der Waals surface area contributed by atoms with Crippen LogP contribution in [0.3, 0.4) is 0 Å². The Labute approximate surface area is 174 Å². The van der Waals surface area contributed by atoms with Crippen LogP contribution in [0, 0.1) is 12.7 Å². The monoisotopic (exact) mass is 404 g/mol. The molecule has 5 rings (SSSR count). The predicted molar refractivity (Wildman–Crippen MR) is 116 cm³/mol. The van der Waals surface area contributed by atoms with Crippen molar-refractivity contribution in [1.29, 1.82) is 0 Å². The van der Waals surface area contributed by atoms with Gasteiger partial charge in [0.05, 0.1) is 23.6 Å². The molecule has 0 amide bonds. The average molecular weight is 404 g/mol. The van der Waals surface area contributed by atoms with E-state index in [1.807, 2.05) is 30.8 Å². The fourth-order valence-electron chi connectivity index (χ4n) is 4.36. The Kier molecular flexibility index (Phi) is 4.83. The van der Waals surface area contributed by atoms with Gasteiger partial charge in [0.2, 0.25) is 0 Å². The summed E-state index contributed by atoms with van der Waals surface area (Å²) < 4.78 is 17.1. The van der Waals surface area contributed by atoms with Crippen molar-refractivity contribution in [1.82, 2.24) is 30.3 Å². The van der Waals surface area contributed by atoms with Crippen LogP contribution in [0.25, 0.3) is 33.4 Å². The fourth-order valence-corrected chi connectivity index (χ4v) is 4.36. The van der Waals surface area contributed by atoms with E-state index in [-0.39, 0.29) is 11.9 Å². The molecule has 1 aliphatic rings. The number of aromatic amines is 1. The van der Waals surface area contributed by atoms with Gasteiger partial charge in [0.1, 0.15) is 11.5 Å². The van der Waals surface area contributed by atoms with Crippen LogP contribution in [-0.4, -0.2) is 31.5 Å². The molecule has 1 aliphatic heterocycles. The highest BCUT2D eigenvalue weighted by Crippen LogP contribution is 2.34. The van der Waals surface area contributed by atoms with E-state index in [2.05, 4.69) is 31.7 Å². The number of piperidine rings is 1. The number of aryl methyl sites for hydroxylation is 2. The standard InChI is InChI=1S/C23H25FN6/c1-3-30-13-16(11-27-30)23-17-10-20(26-12-21(17)28-29-23)22-14(2)8-15(9-18(22)24)19-6-4-5-7-25-19/h8-13,19,25H,3-7H2,1-2H3,(H,28,29). The van der Waals surface area contributed by atoms with Crippen molar-refractivity contribution in [3.05, 3.63) is 53.7 Å². The molecule has 0 aliphatic carbocycles. The Bertz CT molecular complexity index is 1180. The first-order chi connectivity index (χ1) is 14.6. The van der Waals surface area contributed by atoms with Crippen LogP contribution in [-0.2, 0) is 6.54 Å². The smallest absolute Gasteiger partial charge is 0.133 e. The van der Waals surface area contributed by atoms with Crippen LogP contribution in [0.4, 0.5) is 4.39 Å². The summed E-state index contributed by atoms with van der Waals surface area (Å²) in [6.07, 6.45) is 8.90. The number of rotatable bonds is 4. The molecule has 0 bridgehead atoms. The predicted octanol–water partition coefficient (Wildman–Crippen LogP) is 4.77. The van der Waals surface area contributed by atoms with Crippen molar-refractivity contribution >= 4 is 10.9 Å². The number of aromatic nitrogens is 5. The molecule has 154 valence electrons. The molecule has 6 nitrogen and oxygen atoms in total. The molecule has 0 saturated carbocycles. The van der Waals surface area contributed by atoms with E-state index in [0.717, 1.165) is 52.8 Å². The van der Waals surface area contributed by atoms with Crippen LogP contribution in [0.1, 0.15) is 43.4 Å². The highest BCUT2D eigenvalue weighted by molar-refractivity contribution is 5.94. The summed E-state index contributed by atoms with van der Waals surface area (Å²) in [5, 5.41) is 16.2. The van der Waals surface area contributed by atoms with Gasteiger partial charge in [-0.25, -0.2) is 4.39 Å². The molecule has 1 aromatic carbocycles. The number of hydrogen-bond donors (Lipinski definition) is 2. The van der Waals surface area contributed by atoms with Gasteiger partial charge in [0, 0.05) is 35.3 Å². The van der Waals surface area contributed by atoms with Gasteiger partial charge in [-0.15, -0.1) is 0 Å². The number of nitrogens with one attached hydrogen (secondary N) is 2. The highest BCUT2D eigenvalue weighted by Gasteiger charge is 2.20. The Morgan fingerprint density at radius 3 is 2.83 bits per heavy atom. The first kappa shape index (κ1) is 18.9. The quantitative estimate of drug-likeness (QED) is 0.514. The molecule has 1 unspecified atom stereocenters. The number of H-pyrrole nitrogens is 1. The Hall–Kier alpha value is -3.06. The molecule has 4 aromatic rings. The first-order valence-corrected chi connectivity index (χ1v) is 10.5. The summed E-state index contributed by atoms with van der Waals surface area (Å²) in [4.78, 5) is 4.52. The molecule has 1 atom stereocenters. The zero-order chi connectivity index (χ0) is 20.7. The molecular formula is C23H25FN6. The van der Waals surface area contributed by atoms with Crippen LogP contribution in [0.2, 0.25) is 0 Å². The third-order valence-electron chi connectivity index (χ3n) is 5.96. The minimum absolute atomic E-state index is 0.229. The van der Waals surface area contributed by atoms with Crippen molar-refractivity contribution < 1.29 is 4.39 Å². The molecule has 1 saturated heterocycles. The van der Waals surface area contributed by atoms with E-state index in [9.17, 15) is 0 Å². The summed E-state index contributed by atoms with van der Waals surface area (Å²) in [7, 11) is 0. The zero-order valence-electron chi connectivity index (χ0n) is 17.2. The topological polar surface area (TPSA) is 71.4 Å². The maximum absolute atomic E-state index is 15.2. The second-order valence-corrected chi connectivity index (χ2v) is 7.97. The van der Waals surface area contributed by atoms with Gasteiger partial charge >= 0.3 is 0 Å². The summed E-state index contributed by atoms with van der Waals surface area (Å²) in [5.41, 5.74) is 5.63. The van der Waals surface area contributed by atoms with Gasteiger partial charge in [-0.3, -0.25) is 14.8 Å². The molecule has 30 heavy (non-hydrogen) atoms. The van der Waals surface area contributed by atoms with Crippen molar-refractivity contribution in [2.45, 2.75) is 45.7 Å². The van der Waals surface area contributed by atoms with E-state index in [1.165, 1.54) is 12.8 Å². The summed E-state index contributed by atoms with van der Waals surface area (Å²) in [6, 6.07) is 5.90. The van der Waals surface area contributed by atoms with Crippen LogP contribution >= 0.6 is 0 Å². The lowest BCUT2D eigenvalue weighted by Gasteiger charge is -2.24. The SMILES string of the molecule is CCn1cc(-c2n[nH]c3cnc(-c4c(C)cc(C5CCCCN5)cc4F)cc23)cn1. The summed E-state index contributed by atoms with van der Waals surface area (Å²) >= 11 is 0. The van der Waals surface area contributed by atoms with E-state index in [0.29, 0.717) is 11.3 Å². The van der Waals surface area contributed by atoms with Crippen molar-refractivity contribution in [3.8, 4) is 22.5 Å². The first-order valence-electron chi connectivity index (χ1n) is 10.5. The van der Waals surface area contributed by atoms with Crippen molar-refractivity contribution in [2.75, 3.05) is 6.54 Å². The molecular weight excluding hydrogens is 379 g/mol. The Morgan fingerprint density at radius 2 is 2.10 bits per heavy atom. The van der Waals surface area contributed by atoms with E-state index < -0.39 is 0 Å². The molecule has 2 N–H and O–H groups in total. The third-order valence-corrected chi connectivity index (χ3v) is 5.96. The molecule has 4 heterocycles. The lowest BCUT2D eigenvalue weighted by atomic mass is 9.93. The van der Waals surface area contributed by atoms with Gasteiger partial charge in [-0.2, -0.15) is 10.2 Å². The van der Waals surface area contributed by atoms with E-state index in [4.69, 9.17) is 0 Å². The van der Waals surface area contributed by atoms with Crippen LogP contribution < -0.4 is 5.32 Å². The minimum atomic E-state index is -0.229. The molecule has 1 fully saturated rings. The van der Waals surface area contributed by atoms with Gasteiger partial charge in [0.25, 0.3) is 0 Å². The largest absolute Gasteiger partial charge is 0.310 e. The number of hydrogen-bond acceptors (Lipinski definition) is 4. The third kappa shape index (κ3) is 3.29. The molecule has 7 heteroatoms. The highest BCUT2D eigenvalue weighted by atomic mass is 19.1. The lowest BCUT2D eigenvalue weighted by molar-refractivity contribution is 0.411. The summed E-state index contributed by atoms with van der Waals surface area (Å²) in [5.74, 6) is -0.229. The van der Waals surface area contributed by atoms with Crippen molar-refractivity contribution in [3.63, 3.8) is 0 Å². The Balaban J connectivity index is 1.56. The molecule has 0 spiro atoms. The maximum atomic E-state index is 15.2. The van der Waals surface area contributed by atoms with Gasteiger partial charge < -0.3 is 5.32 Å².